The lowest BCUT2D eigenvalue weighted by Gasteiger charge is -2.06. The third kappa shape index (κ3) is 2.20. The van der Waals surface area contributed by atoms with Crippen molar-refractivity contribution in [3.63, 3.8) is 0 Å². The number of hydrogen-bond donors (Lipinski definition) is 1. The van der Waals surface area contributed by atoms with Crippen LogP contribution in [-0.4, -0.2) is 16.2 Å². The summed E-state index contributed by atoms with van der Waals surface area (Å²) in [5.41, 5.74) is 0.888. The minimum atomic E-state index is -1.01. The summed E-state index contributed by atoms with van der Waals surface area (Å²) in [5, 5.41) is 12.4. The van der Waals surface area contributed by atoms with Crippen LogP contribution in [0.5, 0.6) is 5.75 Å². The van der Waals surface area contributed by atoms with E-state index in [9.17, 15) is 4.79 Å². The Balaban J connectivity index is 2.12. The van der Waals surface area contributed by atoms with Gasteiger partial charge in [0.25, 0.3) is 0 Å². The molecule has 2 rings (SSSR count). The van der Waals surface area contributed by atoms with Crippen molar-refractivity contribution < 1.29 is 19.2 Å². The van der Waals surface area contributed by atoms with Gasteiger partial charge in [0.1, 0.15) is 24.2 Å². The maximum atomic E-state index is 10.9. The largest absolute Gasteiger partial charge is 0.488 e. The van der Waals surface area contributed by atoms with Crippen molar-refractivity contribution in [1.82, 2.24) is 5.16 Å². The Morgan fingerprint density at radius 1 is 1.44 bits per heavy atom. The van der Waals surface area contributed by atoms with Crippen LogP contribution in [0.15, 0.2) is 41.2 Å². The van der Waals surface area contributed by atoms with Gasteiger partial charge in [-0.2, -0.15) is 0 Å². The molecule has 0 aliphatic heterocycles. The lowest BCUT2D eigenvalue weighted by atomic mass is 10.2. The van der Waals surface area contributed by atoms with E-state index < -0.39 is 5.97 Å². The van der Waals surface area contributed by atoms with Crippen molar-refractivity contribution in [2.24, 2.45) is 0 Å². The Labute approximate surface area is 91.3 Å². The highest BCUT2D eigenvalue weighted by Gasteiger charge is 2.10. The van der Waals surface area contributed by atoms with Crippen LogP contribution in [0.3, 0.4) is 0 Å². The molecule has 16 heavy (non-hydrogen) atoms. The summed E-state index contributed by atoms with van der Waals surface area (Å²) in [6.45, 7) is 0.230. The Morgan fingerprint density at radius 3 is 2.94 bits per heavy atom. The molecule has 0 amide bonds. The first-order valence-corrected chi connectivity index (χ1v) is 4.61. The highest BCUT2D eigenvalue weighted by molar-refractivity contribution is 5.90. The van der Waals surface area contributed by atoms with Crippen molar-refractivity contribution in [1.29, 1.82) is 0 Å². The van der Waals surface area contributed by atoms with Crippen LogP contribution in [0.25, 0.3) is 0 Å². The van der Waals surface area contributed by atoms with E-state index in [1.54, 1.807) is 18.2 Å². The third-order valence-electron chi connectivity index (χ3n) is 2.00. The SMILES string of the molecule is O=C(O)c1ccccc1OCc1cnoc1. The van der Waals surface area contributed by atoms with E-state index in [0.29, 0.717) is 5.75 Å². The quantitative estimate of drug-likeness (QED) is 0.850. The number of para-hydroxylation sites is 1. The van der Waals surface area contributed by atoms with Gasteiger partial charge in [-0.25, -0.2) is 4.79 Å². The molecule has 1 heterocycles. The van der Waals surface area contributed by atoms with Gasteiger partial charge in [-0.15, -0.1) is 0 Å². The molecule has 0 bridgehead atoms. The molecule has 1 N–H and O–H groups in total. The third-order valence-corrected chi connectivity index (χ3v) is 2.00. The number of carbonyl (C=O) groups is 1. The molecular formula is C11H9NO4. The van der Waals surface area contributed by atoms with Crippen LogP contribution in [0.4, 0.5) is 0 Å². The molecule has 0 saturated heterocycles. The molecule has 0 fully saturated rings. The van der Waals surface area contributed by atoms with Gasteiger partial charge in [0.15, 0.2) is 0 Å². The van der Waals surface area contributed by atoms with Gasteiger partial charge in [-0.1, -0.05) is 17.3 Å². The van der Waals surface area contributed by atoms with E-state index >= 15 is 0 Å². The number of benzene rings is 1. The molecule has 0 aliphatic carbocycles. The summed E-state index contributed by atoms with van der Waals surface area (Å²) in [6, 6.07) is 6.47. The highest BCUT2D eigenvalue weighted by atomic mass is 16.5. The van der Waals surface area contributed by atoms with E-state index in [4.69, 9.17) is 9.84 Å². The van der Waals surface area contributed by atoms with Crippen LogP contribution >= 0.6 is 0 Å². The average molecular weight is 219 g/mol. The summed E-state index contributed by atoms with van der Waals surface area (Å²) in [5.74, 6) is -0.683. The number of aromatic carboxylic acids is 1. The zero-order valence-electron chi connectivity index (χ0n) is 8.29. The van der Waals surface area contributed by atoms with Gasteiger partial charge in [0, 0.05) is 5.56 Å². The first-order chi connectivity index (χ1) is 7.77. The second-order valence-electron chi connectivity index (χ2n) is 3.12. The van der Waals surface area contributed by atoms with Crippen LogP contribution in [0.1, 0.15) is 15.9 Å². The molecule has 82 valence electrons. The maximum absolute atomic E-state index is 10.9. The molecule has 5 nitrogen and oxygen atoms in total. The fourth-order valence-corrected chi connectivity index (χ4v) is 1.23. The number of aromatic nitrogens is 1. The second kappa shape index (κ2) is 4.48. The molecule has 0 atom stereocenters. The van der Waals surface area contributed by atoms with Crippen LogP contribution < -0.4 is 4.74 Å². The summed E-state index contributed by atoms with van der Waals surface area (Å²) in [7, 11) is 0. The predicted molar refractivity (Wildman–Crippen MR) is 54.2 cm³/mol. The number of hydrogen-bond acceptors (Lipinski definition) is 4. The smallest absolute Gasteiger partial charge is 0.339 e. The lowest BCUT2D eigenvalue weighted by molar-refractivity contribution is 0.0692. The average Bonchev–Trinajstić information content (AvgIpc) is 2.79. The monoisotopic (exact) mass is 219 g/mol. The number of nitrogens with zero attached hydrogens (tertiary/aromatic N) is 1. The van der Waals surface area contributed by atoms with Crippen molar-refractivity contribution >= 4 is 5.97 Å². The number of carboxylic acids is 1. The minimum Gasteiger partial charge on any atom is -0.488 e. The van der Waals surface area contributed by atoms with Crippen molar-refractivity contribution in [2.75, 3.05) is 0 Å². The molecule has 1 aromatic heterocycles. The molecular weight excluding hydrogens is 210 g/mol. The standard InChI is InChI=1S/C11H9NO4/c13-11(14)9-3-1-2-4-10(9)15-6-8-5-12-16-7-8/h1-5,7H,6H2,(H,13,14). The predicted octanol–water partition coefficient (Wildman–Crippen LogP) is 1.95. The highest BCUT2D eigenvalue weighted by Crippen LogP contribution is 2.19. The van der Waals surface area contributed by atoms with E-state index in [2.05, 4.69) is 9.68 Å². The molecule has 1 aromatic carbocycles. The maximum Gasteiger partial charge on any atom is 0.339 e. The number of carboxylic acid groups (broad SMARTS) is 1. The molecule has 5 heteroatoms. The van der Waals surface area contributed by atoms with Crippen molar-refractivity contribution in [3.8, 4) is 5.75 Å². The minimum absolute atomic E-state index is 0.138. The van der Waals surface area contributed by atoms with E-state index in [1.807, 2.05) is 0 Å². The van der Waals surface area contributed by atoms with Crippen LogP contribution in [0, 0.1) is 0 Å². The van der Waals surface area contributed by atoms with E-state index in [-0.39, 0.29) is 12.2 Å². The number of ether oxygens (including phenoxy) is 1. The Hall–Kier alpha value is -2.30. The van der Waals surface area contributed by atoms with Gasteiger partial charge in [-0.3, -0.25) is 0 Å². The van der Waals surface area contributed by atoms with Crippen LogP contribution in [0.2, 0.25) is 0 Å². The van der Waals surface area contributed by atoms with Gasteiger partial charge >= 0.3 is 5.97 Å². The summed E-state index contributed by atoms with van der Waals surface area (Å²) in [6.07, 6.45) is 2.97. The van der Waals surface area contributed by atoms with Gasteiger partial charge < -0.3 is 14.4 Å². The Bertz CT molecular complexity index is 478. The van der Waals surface area contributed by atoms with Crippen LogP contribution in [-0.2, 0) is 6.61 Å². The van der Waals surface area contributed by atoms with Crippen molar-refractivity contribution in [2.45, 2.75) is 6.61 Å². The molecule has 0 unspecified atom stereocenters. The Morgan fingerprint density at radius 2 is 2.25 bits per heavy atom. The molecule has 0 spiro atoms. The van der Waals surface area contributed by atoms with E-state index in [0.717, 1.165) is 5.56 Å². The summed E-state index contributed by atoms with van der Waals surface area (Å²) >= 11 is 0. The van der Waals surface area contributed by atoms with Crippen molar-refractivity contribution in [3.05, 3.63) is 47.9 Å². The molecule has 0 saturated carbocycles. The summed E-state index contributed by atoms with van der Waals surface area (Å²) in [4.78, 5) is 10.9. The second-order valence-corrected chi connectivity index (χ2v) is 3.12. The normalized spacial score (nSPS) is 10.0. The lowest BCUT2D eigenvalue weighted by Crippen LogP contribution is -2.02. The topological polar surface area (TPSA) is 72.6 Å². The first kappa shape index (κ1) is 10.2. The fraction of sp³-hybridized carbons (Fsp3) is 0.0909. The van der Waals surface area contributed by atoms with Gasteiger partial charge in [0.2, 0.25) is 0 Å². The molecule has 0 aliphatic rings. The zero-order valence-corrected chi connectivity index (χ0v) is 8.29. The molecule has 0 radical (unpaired) electrons. The zero-order chi connectivity index (χ0) is 11.4. The molecule has 2 aromatic rings. The number of rotatable bonds is 4. The first-order valence-electron chi connectivity index (χ1n) is 4.61. The fourth-order valence-electron chi connectivity index (χ4n) is 1.23. The van der Waals surface area contributed by atoms with Gasteiger partial charge in [0.05, 0.1) is 6.20 Å². The van der Waals surface area contributed by atoms with E-state index in [1.165, 1.54) is 18.5 Å². The summed E-state index contributed by atoms with van der Waals surface area (Å²) < 4.78 is 10.00. The Kier molecular flexibility index (Phi) is 2.86. The van der Waals surface area contributed by atoms with Gasteiger partial charge in [-0.05, 0) is 12.1 Å².